The number of likely N-dealkylation sites (N-methyl/N-ethyl adjacent to an activating group) is 1. The number of Topliss-reactive ketones (excluding diaryl/α,β-unsaturated/α-hetero) is 2. The number of ketones is 2. The van der Waals surface area contributed by atoms with Crippen molar-refractivity contribution in [2.24, 2.45) is 11.8 Å². The van der Waals surface area contributed by atoms with E-state index in [1.54, 1.807) is 13.8 Å². The summed E-state index contributed by atoms with van der Waals surface area (Å²) in [5.74, 6) is -0.587. The summed E-state index contributed by atoms with van der Waals surface area (Å²) >= 11 is 0. The molecule has 1 rings (SSSR count). The lowest BCUT2D eigenvalue weighted by Crippen LogP contribution is -2.51. The van der Waals surface area contributed by atoms with Gasteiger partial charge in [-0.3, -0.25) is 19.3 Å². The van der Waals surface area contributed by atoms with E-state index in [9.17, 15) is 14.4 Å². The van der Waals surface area contributed by atoms with E-state index in [-0.39, 0.29) is 42.3 Å². The molecule has 1 atom stereocenters. The molecule has 1 heterocycles. The predicted octanol–water partition coefficient (Wildman–Crippen LogP) is 0.559. The maximum Gasteiger partial charge on any atom is 0.234 e. The Balaban J connectivity index is 2.59. The lowest BCUT2D eigenvalue weighted by atomic mass is 9.94. The molecule has 1 aliphatic heterocycles. The van der Waals surface area contributed by atoms with Crippen molar-refractivity contribution in [2.75, 3.05) is 39.8 Å². The van der Waals surface area contributed by atoms with Gasteiger partial charge in [0, 0.05) is 44.4 Å². The zero-order valence-corrected chi connectivity index (χ0v) is 15.1. The molecular formula is C17H31N3O3. The highest BCUT2D eigenvalue weighted by Crippen LogP contribution is 2.09. The summed E-state index contributed by atoms with van der Waals surface area (Å²) in [7, 11) is 2.06. The highest BCUT2D eigenvalue weighted by molar-refractivity contribution is 5.95. The molecule has 6 heteroatoms. The van der Waals surface area contributed by atoms with Crippen molar-refractivity contribution >= 4 is 17.5 Å². The Bertz CT molecular complexity index is 427. The van der Waals surface area contributed by atoms with Gasteiger partial charge >= 0.3 is 0 Å². The van der Waals surface area contributed by atoms with E-state index in [2.05, 4.69) is 22.2 Å². The number of carbonyl (C=O) groups excluding carboxylic acids is 3. The van der Waals surface area contributed by atoms with E-state index in [0.717, 1.165) is 26.2 Å². The quantitative estimate of drug-likeness (QED) is 0.706. The molecule has 0 aromatic rings. The van der Waals surface area contributed by atoms with Crippen molar-refractivity contribution in [3.05, 3.63) is 0 Å². The molecule has 0 saturated carbocycles. The first-order chi connectivity index (χ1) is 10.7. The van der Waals surface area contributed by atoms with Crippen LogP contribution >= 0.6 is 0 Å². The standard InChI is InChI=1S/C17H31N3O3/c1-12(2)15(21)10-14(17(23)13(3)4)18-16(22)11-20-8-6-19(5)7-9-20/h12-14H,6-11H2,1-5H3,(H,18,22). The molecule has 0 aliphatic carbocycles. The van der Waals surface area contributed by atoms with Gasteiger partial charge in [-0.2, -0.15) is 0 Å². The van der Waals surface area contributed by atoms with Crippen LogP contribution in [-0.4, -0.2) is 73.1 Å². The molecule has 1 unspecified atom stereocenters. The Kier molecular flexibility index (Phi) is 7.85. The maximum absolute atomic E-state index is 12.3. The molecular weight excluding hydrogens is 294 g/mol. The van der Waals surface area contributed by atoms with Crippen molar-refractivity contribution in [3.63, 3.8) is 0 Å². The number of nitrogens with zero attached hydrogens (tertiary/aromatic N) is 2. The fraction of sp³-hybridized carbons (Fsp3) is 0.824. The Morgan fingerprint density at radius 1 is 0.957 bits per heavy atom. The van der Waals surface area contributed by atoms with Gasteiger partial charge in [-0.25, -0.2) is 0 Å². The molecule has 1 saturated heterocycles. The van der Waals surface area contributed by atoms with E-state index in [1.807, 2.05) is 13.8 Å². The smallest absolute Gasteiger partial charge is 0.234 e. The van der Waals surface area contributed by atoms with Crippen LogP contribution < -0.4 is 5.32 Å². The van der Waals surface area contributed by atoms with E-state index < -0.39 is 6.04 Å². The van der Waals surface area contributed by atoms with Crippen LogP contribution in [0, 0.1) is 11.8 Å². The Hall–Kier alpha value is -1.27. The molecule has 0 aromatic heterocycles. The topological polar surface area (TPSA) is 69.7 Å². The number of carbonyl (C=O) groups is 3. The maximum atomic E-state index is 12.3. The average Bonchev–Trinajstić information content (AvgIpc) is 2.47. The summed E-state index contributed by atoms with van der Waals surface area (Å²) < 4.78 is 0. The first kappa shape index (κ1) is 19.8. The third-order valence-corrected chi connectivity index (χ3v) is 4.26. The van der Waals surface area contributed by atoms with Crippen LogP contribution in [0.3, 0.4) is 0 Å². The monoisotopic (exact) mass is 325 g/mol. The zero-order valence-electron chi connectivity index (χ0n) is 15.1. The molecule has 1 aliphatic rings. The Morgan fingerprint density at radius 2 is 1.52 bits per heavy atom. The highest BCUT2D eigenvalue weighted by atomic mass is 16.2. The van der Waals surface area contributed by atoms with Crippen LogP contribution in [0.15, 0.2) is 0 Å². The number of nitrogens with one attached hydrogen (secondary N) is 1. The lowest BCUT2D eigenvalue weighted by Gasteiger charge is -2.32. The SMILES string of the molecule is CC(C)C(=O)CC(NC(=O)CN1CCN(C)CC1)C(=O)C(C)C. The van der Waals surface area contributed by atoms with Crippen LogP contribution in [0.1, 0.15) is 34.1 Å². The second-order valence-corrected chi connectivity index (χ2v) is 7.08. The third kappa shape index (κ3) is 6.79. The van der Waals surface area contributed by atoms with Gasteiger partial charge in [0.1, 0.15) is 5.78 Å². The van der Waals surface area contributed by atoms with E-state index in [1.165, 1.54) is 0 Å². The highest BCUT2D eigenvalue weighted by Gasteiger charge is 2.27. The molecule has 6 nitrogen and oxygen atoms in total. The van der Waals surface area contributed by atoms with Crippen molar-refractivity contribution in [2.45, 2.75) is 40.2 Å². The molecule has 1 N–H and O–H groups in total. The van der Waals surface area contributed by atoms with Gasteiger partial charge in [0.2, 0.25) is 5.91 Å². The van der Waals surface area contributed by atoms with Crippen LogP contribution in [0.4, 0.5) is 0 Å². The first-order valence-electron chi connectivity index (χ1n) is 8.47. The van der Waals surface area contributed by atoms with Crippen LogP contribution in [0.5, 0.6) is 0 Å². The summed E-state index contributed by atoms with van der Waals surface area (Å²) in [6.07, 6.45) is 0.0865. The van der Waals surface area contributed by atoms with Gasteiger partial charge in [0.05, 0.1) is 12.6 Å². The Morgan fingerprint density at radius 3 is 2.00 bits per heavy atom. The zero-order chi connectivity index (χ0) is 17.6. The van der Waals surface area contributed by atoms with Crippen molar-refractivity contribution < 1.29 is 14.4 Å². The summed E-state index contributed by atoms with van der Waals surface area (Å²) in [5.41, 5.74) is 0. The molecule has 0 radical (unpaired) electrons. The fourth-order valence-electron chi connectivity index (χ4n) is 2.51. The van der Waals surface area contributed by atoms with Crippen molar-refractivity contribution in [1.29, 1.82) is 0 Å². The summed E-state index contributed by atoms with van der Waals surface area (Å²) in [6.45, 7) is 11.1. The number of rotatable bonds is 8. The van der Waals surface area contributed by atoms with Gasteiger partial charge in [-0.1, -0.05) is 27.7 Å². The van der Waals surface area contributed by atoms with Crippen molar-refractivity contribution in [3.8, 4) is 0 Å². The van der Waals surface area contributed by atoms with Gasteiger partial charge < -0.3 is 10.2 Å². The van der Waals surface area contributed by atoms with E-state index in [0.29, 0.717) is 0 Å². The van der Waals surface area contributed by atoms with Crippen LogP contribution in [0.2, 0.25) is 0 Å². The van der Waals surface area contributed by atoms with E-state index >= 15 is 0 Å². The molecule has 23 heavy (non-hydrogen) atoms. The summed E-state index contributed by atoms with van der Waals surface area (Å²) in [4.78, 5) is 40.8. The number of amides is 1. The third-order valence-electron chi connectivity index (χ3n) is 4.26. The second-order valence-electron chi connectivity index (χ2n) is 7.08. The summed E-state index contributed by atoms with van der Waals surface area (Å²) in [5, 5.41) is 2.78. The molecule has 0 spiro atoms. The normalized spacial score (nSPS) is 18.2. The molecule has 132 valence electrons. The number of piperazine rings is 1. The minimum absolute atomic E-state index is 0.00361. The van der Waals surface area contributed by atoms with Crippen LogP contribution in [0.25, 0.3) is 0 Å². The second kappa shape index (κ2) is 9.13. The minimum atomic E-state index is -0.704. The average molecular weight is 325 g/mol. The van der Waals surface area contributed by atoms with Crippen LogP contribution in [-0.2, 0) is 14.4 Å². The Labute approximate surface area is 139 Å². The molecule has 0 bridgehead atoms. The fourth-order valence-corrected chi connectivity index (χ4v) is 2.51. The lowest BCUT2D eigenvalue weighted by molar-refractivity contribution is -0.132. The predicted molar refractivity (Wildman–Crippen MR) is 90.2 cm³/mol. The summed E-state index contributed by atoms with van der Waals surface area (Å²) in [6, 6.07) is -0.704. The number of hydrogen-bond acceptors (Lipinski definition) is 5. The minimum Gasteiger partial charge on any atom is -0.345 e. The number of hydrogen-bond donors (Lipinski definition) is 1. The van der Waals surface area contributed by atoms with Gasteiger partial charge in [0.15, 0.2) is 5.78 Å². The molecule has 0 aromatic carbocycles. The largest absolute Gasteiger partial charge is 0.345 e. The van der Waals surface area contributed by atoms with Gasteiger partial charge in [-0.15, -0.1) is 0 Å². The first-order valence-corrected chi connectivity index (χ1v) is 8.47. The van der Waals surface area contributed by atoms with Gasteiger partial charge in [-0.05, 0) is 7.05 Å². The van der Waals surface area contributed by atoms with Gasteiger partial charge in [0.25, 0.3) is 0 Å². The molecule has 1 fully saturated rings. The van der Waals surface area contributed by atoms with E-state index in [4.69, 9.17) is 0 Å². The van der Waals surface area contributed by atoms with Crippen molar-refractivity contribution in [1.82, 2.24) is 15.1 Å². The molecule has 1 amide bonds.